The molecule has 2 heterocycles. The molecule has 1 aromatic heterocycles. The standard InChI is InChI=1S/C13H15N3O2/c14-10-6-2-1-5-9(10)12-15-13(18-16-12)11-7-3-4-8-17-11/h1-2,5-6,11H,3-4,7-8,14H2. The van der Waals surface area contributed by atoms with Gasteiger partial charge in [-0.25, -0.2) is 0 Å². The van der Waals surface area contributed by atoms with E-state index >= 15 is 0 Å². The highest BCUT2D eigenvalue weighted by atomic mass is 16.5. The van der Waals surface area contributed by atoms with E-state index in [2.05, 4.69) is 10.1 Å². The van der Waals surface area contributed by atoms with Crippen LogP contribution >= 0.6 is 0 Å². The van der Waals surface area contributed by atoms with E-state index < -0.39 is 0 Å². The minimum absolute atomic E-state index is 0.0649. The number of anilines is 1. The van der Waals surface area contributed by atoms with Crippen LogP contribution in [0, 0.1) is 0 Å². The summed E-state index contributed by atoms with van der Waals surface area (Å²) < 4.78 is 10.9. The summed E-state index contributed by atoms with van der Waals surface area (Å²) in [4.78, 5) is 4.38. The Hall–Kier alpha value is -1.88. The number of para-hydroxylation sites is 1. The molecule has 2 aromatic rings. The molecule has 5 heteroatoms. The van der Waals surface area contributed by atoms with Gasteiger partial charge in [0.1, 0.15) is 6.10 Å². The van der Waals surface area contributed by atoms with Gasteiger partial charge in [0.25, 0.3) is 5.89 Å². The number of aromatic nitrogens is 2. The van der Waals surface area contributed by atoms with Gasteiger partial charge in [-0.2, -0.15) is 4.98 Å². The molecule has 18 heavy (non-hydrogen) atoms. The first-order valence-electron chi connectivity index (χ1n) is 6.14. The zero-order chi connectivity index (χ0) is 12.4. The summed E-state index contributed by atoms with van der Waals surface area (Å²) >= 11 is 0. The SMILES string of the molecule is Nc1ccccc1-c1noc(C2CCCCO2)n1. The molecular weight excluding hydrogens is 230 g/mol. The molecule has 1 aliphatic rings. The van der Waals surface area contributed by atoms with Gasteiger partial charge in [-0.15, -0.1) is 0 Å². The van der Waals surface area contributed by atoms with Crippen LogP contribution in [0.3, 0.4) is 0 Å². The Kier molecular flexibility index (Phi) is 2.98. The third-order valence-electron chi connectivity index (χ3n) is 3.10. The molecule has 0 spiro atoms. The first-order chi connectivity index (χ1) is 8.84. The number of ether oxygens (including phenoxy) is 1. The maximum Gasteiger partial charge on any atom is 0.256 e. The van der Waals surface area contributed by atoms with Crippen molar-refractivity contribution in [2.24, 2.45) is 0 Å². The minimum atomic E-state index is -0.0649. The van der Waals surface area contributed by atoms with Crippen molar-refractivity contribution in [1.82, 2.24) is 10.1 Å². The smallest absolute Gasteiger partial charge is 0.256 e. The van der Waals surface area contributed by atoms with Crippen molar-refractivity contribution in [2.45, 2.75) is 25.4 Å². The summed E-state index contributed by atoms with van der Waals surface area (Å²) in [5.41, 5.74) is 7.33. The normalized spacial score (nSPS) is 19.9. The van der Waals surface area contributed by atoms with Gasteiger partial charge in [-0.3, -0.25) is 0 Å². The lowest BCUT2D eigenvalue weighted by Crippen LogP contribution is -2.11. The van der Waals surface area contributed by atoms with Gasteiger partial charge in [0.05, 0.1) is 0 Å². The van der Waals surface area contributed by atoms with Crippen LogP contribution < -0.4 is 5.73 Å². The molecule has 1 aromatic carbocycles. The summed E-state index contributed by atoms with van der Waals surface area (Å²) in [6, 6.07) is 7.48. The average Bonchev–Trinajstić information content (AvgIpc) is 2.90. The maximum absolute atomic E-state index is 5.89. The first kappa shape index (κ1) is 11.2. The molecule has 0 saturated carbocycles. The quantitative estimate of drug-likeness (QED) is 0.823. The average molecular weight is 245 g/mol. The topological polar surface area (TPSA) is 74.2 Å². The molecule has 1 unspecified atom stereocenters. The molecule has 1 fully saturated rings. The van der Waals surface area contributed by atoms with Gasteiger partial charge < -0.3 is 15.0 Å². The van der Waals surface area contributed by atoms with Gasteiger partial charge in [-0.1, -0.05) is 17.3 Å². The predicted octanol–water partition coefficient (Wildman–Crippen LogP) is 2.56. The number of nitrogens with zero attached hydrogens (tertiary/aromatic N) is 2. The van der Waals surface area contributed by atoms with Crippen LogP contribution in [0.4, 0.5) is 5.69 Å². The number of nitrogens with two attached hydrogens (primary N) is 1. The third-order valence-corrected chi connectivity index (χ3v) is 3.10. The van der Waals surface area contributed by atoms with Crippen LogP contribution in [-0.2, 0) is 4.74 Å². The van der Waals surface area contributed by atoms with Crippen molar-refractivity contribution in [2.75, 3.05) is 12.3 Å². The van der Waals surface area contributed by atoms with E-state index in [1.165, 1.54) is 0 Å². The molecule has 94 valence electrons. The molecule has 1 saturated heterocycles. The Morgan fingerprint density at radius 3 is 2.89 bits per heavy atom. The van der Waals surface area contributed by atoms with E-state index in [1.54, 1.807) is 0 Å². The van der Waals surface area contributed by atoms with Gasteiger partial charge in [0, 0.05) is 17.9 Å². The maximum atomic E-state index is 5.89. The molecule has 1 aliphatic heterocycles. The Labute approximate surface area is 105 Å². The summed E-state index contributed by atoms with van der Waals surface area (Å²) in [7, 11) is 0. The monoisotopic (exact) mass is 245 g/mol. The summed E-state index contributed by atoms with van der Waals surface area (Å²) in [5, 5.41) is 3.98. The Morgan fingerprint density at radius 1 is 1.22 bits per heavy atom. The highest BCUT2D eigenvalue weighted by Gasteiger charge is 2.23. The molecule has 3 rings (SSSR count). The van der Waals surface area contributed by atoms with Crippen LogP contribution in [0.5, 0.6) is 0 Å². The van der Waals surface area contributed by atoms with E-state index in [0.717, 1.165) is 31.4 Å². The minimum Gasteiger partial charge on any atom is -0.398 e. The molecule has 0 amide bonds. The third kappa shape index (κ3) is 2.09. The van der Waals surface area contributed by atoms with Crippen molar-refractivity contribution < 1.29 is 9.26 Å². The molecule has 5 nitrogen and oxygen atoms in total. The van der Waals surface area contributed by atoms with Crippen molar-refractivity contribution in [3.8, 4) is 11.4 Å². The van der Waals surface area contributed by atoms with Gasteiger partial charge >= 0.3 is 0 Å². The highest BCUT2D eigenvalue weighted by molar-refractivity contribution is 5.70. The summed E-state index contributed by atoms with van der Waals surface area (Å²) in [6.45, 7) is 0.760. The van der Waals surface area contributed by atoms with Crippen molar-refractivity contribution in [1.29, 1.82) is 0 Å². The van der Waals surface area contributed by atoms with Crippen LogP contribution in [0.15, 0.2) is 28.8 Å². The van der Waals surface area contributed by atoms with Gasteiger partial charge in [0.15, 0.2) is 0 Å². The largest absolute Gasteiger partial charge is 0.398 e. The van der Waals surface area contributed by atoms with Crippen LogP contribution in [0.2, 0.25) is 0 Å². The molecule has 0 bridgehead atoms. The van der Waals surface area contributed by atoms with Crippen molar-refractivity contribution >= 4 is 5.69 Å². The zero-order valence-electron chi connectivity index (χ0n) is 10.0. The summed E-state index contributed by atoms with van der Waals surface area (Å²) in [6.07, 6.45) is 3.11. The second-order valence-corrected chi connectivity index (χ2v) is 4.40. The van der Waals surface area contributed by atoms with Gasteiger partial charge in [0.2, 0.25) is 5.82 Å². The van der Waals surface area contributed by atoms with Crippen molar-refractivity contribution in [3.63, 3.8) is 0 Å². The fourth-order valence-electron chi connectivity index (χ4n) is 2.11. The van der Waals surface area contributed by atoms with E-state index in [0.29, 0.717) is 17.4 Å². The van der Waals surface area contributed by atoms with Crippen molar-refractivity contribution in [3.05, 3.63) is 30.2 Å². The van der Waals surface area contributed by atoms with E-state index in [9.17, 15) is 0 Å². The first-order valence-corrected chi connectivity index (χ1v) is 6.14. The second-order valence-electron chi connectivity index (χ2n) is 4.40. The number of rotatable bonds is 2. The number of hydrogen-bond acceptors (Lipinski definition) is 5. The van der Waals surface area contributed by atoms with Crippen LogP contribution in [-0.4, -0.2) is 16.7 Å². The molecular formula is C13H15N3O2. The lowest BCUT2D eigenvalue weighted by atomic mass is 10.1. The van der Waals surface area contributed by atoms with Gasteiger partial charge in [-0.05, 0) is 31.4 Å². The fourth-order valence-corrected chi connectivity index (χ4v) is 2.11. The highest BCUT2D eigenvalue weighted by Crippen LogP contribution is 2.29. The molecule has 0 aliphatic carbocycles. The lowest BCUT2D eigenvalue weighted by molar-refractivity contribution is -0.00459. The number of nitrogen functional groups attached to an aromatic ring is 1. The number of hydrogen-bond donors (Lipinski definition) is 1. The van der Waals surface area contributed by atoms with Crippen LogP contribution in [0.1, 0.15) is 31.3 Å². The lowest BCUT2D eigenvalue weighted by Gasteiger charge is -2.18. The summed E-state index contributed by atoms with van der Waals surface area (Å²) in [5.74, 6) is 1.07. The number of benzene rings is 1. The van der Waals surface area contributed by atoms with Crippen LogP contribution in [0.25, 0.3) is 11.4 Å². The Morgan fingerprint density at radius 2 is 2.11 bits per heavy atom. The molecule has 0 radical (unpaired) electrons. The van der Waals surface area contributed by atoms with E-state index in [1.807, 2.05) is 24.3 Å². The molecule has 1 atom stereocenters. The second kappa shape index (κ2) is 4.78. The Balaban J connectivity index is 1.87. The fraction of sp³-hybridized carbons (Fsp3) is 0.385. The zero-order valence-corrected chi connectivity index (χ0v) is 10.0. The van der Waals surface area contributed by atoms with E-state index in [-0.39, 0.29) is 6.10 Å². The predicted molar refractivity (Wildman–Crippen MR) is 66.7 cm³/mol. The van der Waals surface area contributed by atoms with E-state index in [4.69, 9.17) is 15.0 Å². The Bertz CT molecular complexity index is 533. The molecule has 2 N–H and O–H groups in total.